The van der Waals surface area contributed by atoms with Gasteiger partial charge in [0.15, 0.2) is 9.84 Å². The number of hydrogen-bond donors (Lipinski definition) is 2. The third-order valence-electron chi connectivity index (χ3n) is 4.56. The highest BCUT2D eigenvalue weighted by Gasteiger charge is 2.75. The first-order valence-electron chi connectivity index (χ1n) is 7.23. The average molecular weight is 331 g/mol. The summed E-state index contributed by atoms with van der Waals surface area (Å²) in [7, 11) is -3.79. The van der Waals surface area contributed by atoms with Crippen LogP contribution in [-0.4, -0.2) is 31.3 Å². The van der Waals surface area contributed by atoms with Crippen LogP contribution in [0, 0.1) is 5.41 Å². The van der Waals surface area contributed by atoms with E-state index in [0.29, 0.717) is 5.56 Å². The molecule has 0 heterocycles. The summed E-state index contributed by atoms with van der Waals surface area (Å²) in [5, 5.41) is 8.62. The molecule has 1 aliphatic rings. The van der Waals surface area contributed by atoms with Crippen molar-refractivity contribution >= 4 is 15.8 Å². The van der Waals surface area contributed by atoms with Crippen LogP contribution in [0.25, 0.3) is 0 Å². The second kappa shape index (κ2) is 5.47. The fourth-order valence-corrected chi connectivity index (χ4v) is 5.74. The molecular weight excluding hydrogens is 314 g/mol. The Morgan fingerprint density at radius 1 is 1.04 bits per heavy atom. The van der Waals surface area contributed by atoms with Gasteiger partial charge in [0.05, 0.1) is 10.1 Å². The molecule has 2 aromatic carbocycles. The lowest BCUT2D eigenvalue weighted by Crippen LogP contribution is -2.31. The highest BCUT2D eigenvalue weighted by Crippen LogP contribution is 2.63. The summed E-state index contributed by atoms with van der Waals surface area (Å²) in [6.45, 7) is -0.224. The van der Waals surface area contributed by atoms with E-state index < -0.39 is 32.4 Å². The highest BCUT2D eigenvalue weighted by atomic mass is 32.2. The molecule has 23 heavy (non-hydrogen) atoms. The third-order valence-corrected chi connectivity index (χ3v) is 6.85. The maximum atomic E-state index is 12.9. The number of hydrogen-bond acceptors (Lipinski definition) is 4. The SMILES string of the molecule is NC[C@]1(C(=O)O)[C@H](c2ccccc2)[C@H]1S(=O)(=O)c1ccccc1. The summed E-state index contributed by atoms with van der Waals surface area (Å²) in [5.74, 6) is -1.81. The van der Waals surface area contributed by atoms with Crippen LogP contribution in [-0.2, 0) is 14.6 Å². The molecule has 5 nitrogen and oxygen atoms in total. The highest BCUT2D eigenvalue weighted by molar-refractivity contribution is 7.92. The molecule has 3 rings (SSSR count). The van der Waals surface area contributed by atoms with Gasteiger partial charge in [-0.05, 0) is 17.7 Å². The number of benzene rings is 2. The van der Waals surface area contributed by atoms with Crippen LogP contribution >= 0.6 is 0 Å². The van der Waals surface area contributed by atoms with E-state index in [2.05, 4.69) is 0 Å². The minimum absolute atomic E-state index is 0.127. The standard InChI is InChI=1S/C17H17NO4S/c18-11-17(16(19)20)14(12-7-3-1-4-8-12)15(17)23(21,22)13-9-5-2-6-10-13/h1-10,14-15H,11,18H2,(H,19,20)/t14-,15-,17+/m1/s1. The van der Waals surface area contributed by atoms with Gasteiger partial charge < -0.3 is 10.8 Å². The lowest BCUT2D eigenvalue weighted by molar-refractivity contribution is -0.143. The summed E-state index contributed by atoms with van der Waals surface area (Å²) in [6.07, 6.45) is 0. The Balaban J connectivity index is 2.12. The topological polar surface area (TPSA) is 97.5 Å². The number of sulfone groups is 1. The van der Waals surface area contributed by atoms with E-state index in [4.69, 9.17) is 5.73 Å². The van der Waals surface area contributed by atoms with Crippen LogP contribution in [0.1, 0.15) is 11.5 Å². The van der Waals surface area contributed by atoms with E-state index in [1.807, 2.05) is 0 Å². The Bertz CT molecular complexity index is 820. The van der Waals surface area contributed by atoms with Crippen molar-refractivity contribution in [1.29, 1.82) is 0 Å². The Morgan fingerprint density at radius 2 is 1.57 bits per heavy atom. The van der Waals surface area contributed by atoms with Crippen LogP contribution in [0.15, 0.2) is 65.6 Å². The second-order valence-electron chi connectivity index (χ2n) is 5.72. The molecule has 2 aromatic rings. The fourth-order valence-electron chi connectivity index (χ4n) is 3.34. The van der Waals surface area contributed by atoms with Crippen LogP contribution < -0.4 is 5.73 Å². The lowest BCUT2D eigenvalue weighted by Gasteiger charge is -2.10. The van der Waals surface area contributed by atoms with Crippen molar-refractivity contribution in [3.05, 3.63) is 66.2 Å². The summed E-state index contributed by atoms with van der Waals surface area (Å²) in [5.41, 5.74) is 4.93. The van der Waals surface area contributed by atoms with Gasteiger partial charge in [0.1, 0.15) is 5.41 Å². The van der Waals surface area contributed by atoms with Crippen LogP contribution in [0.2, 0.25) is 0 Å². The van der Waals surface area contributed by atoms with Gasteiger partial charge in [-0.15, -0.1) is 0 Å². The van der Waals surface area contributed by atoms with Gasteiger partial charge in [-0.25, -0.2) is 8.42 Å². The molecule has 0 saturated heterocycles. The van der Waals surface area contributed by atoms with E-state index in [1.165, 1.54) is 12.1 Å². The van der Waals surface area contributed by atoms with Gasteiger partial charge in [-0.2, -0.15) is 0 Å². The molecule has 3 N–H and O–H groups in total. The molecule has 120 valence electrons. The van der Waals surface area contributed by atoms with Gasteiger partial charge in [-0.3, -0.25) is 4.79 Å². The van der Waals surface area contributed by atoms with Crippen molar-refractivity contribution in [2.24, 2.45) is 11.1 Å². The number of carboxylic acids is 1. The van der Waals surface area contributed by atoms with Gasteiger partial charge in [0, 0.05) is 12.5 Å². The van der Waals surface area contributed by atoms with Crippen molar-refractivity contribution < 1.29 is 18.3 Å². The largest absolute Gasteiger partial charge is 0.481 e. The average Bonchev–Trinajstić information content (AvgIpc) is 3.28. The third kappa shape index (κ3) is 2.26. The zero-order chi connectivity index (χ0) is 16.7. The number of rotatable bonds is 5. The molecule has 1 saturated carbocycles. The summed E-state index contributed by atoms with van der Waals surface area (Å²) >= 11 is 0. The van der Waals surface area contributed by atoms with Crippen molar-refractivity contribution in [3.8, 4) is 0 Å². The predicted molar refractivity (Wildman–Crippen MR) is 85.7 cm³/mol. The second-order valence-corrected chi connectivity index (χ2v) is 7.79. The van der Waals surface area contributed by atoms with E-state index in [-0.39, 0.29) is 11.4 Å². The summed E-state index contributed by atoms with van der Waals surface area (Å²) < 4.78 is 25.9. The van der Waals surface area contributed by atoms with Crippen molar-refractivity contribution in [1.82, 2.24) is 0 Å². The first kappa shape index (κ1) is 15.7. The Hall–Kier alpha value is -2.18. The molecule has 0 unspecified atom stereocenters. The van der Waals surface area contributed by atoms with E-state index in [0.717, 1.165) is 0 Å². The molecule has 0 amide bonds. The molecule has 1 aliphatic carbocycles. The van der Waals surface area contributed by atoms with Crippen molar-refractivity contribution in [3.63, 3.8) is 0 Å². The van der Waals surface area contributed by atoms with Gasteiger partial charge in [-0.1, -0.05) is 48.5 Å². The molecule has 3 atom stereocenters. The first-order chi connectivity index (χ1) is 11.0. The minimum Gasteiger partial charge on any atom is -0.481 e. The Labute approximate surface area is 134 Å². The molecule has 0 aliphatic heterocycles. The Morgan fingerprint density at radius 3 is 2.04 bits per heavy atom. The summed E-state index contributed by atoms with van der Waals surface area (Å²) in [6, 6.07) is 16.8. The number of aliphatic carboxylic acids is 1. The molecule has 6 heteroatoms. The molecule has 0 aromatic heterocycles. The van der Waals surface area contributed by atoms with Crippen LogP contribution in [0.4, 0.5) is 0 Å². The molecule has 0 spiro atoms. The number of carbonyl (C=O) groups is 1. The molecule has 0 radical (unpaired) electrons. The Kier molecular flexibility index (Phi) is 3.74. The van der Waals surface area contributed by atoms with Gasteiger partial charge in [0.2, 0.25) is 0 Å². The van der Waals surface area contributed by atoms with Gasteiger partial charge >= 0.3 is 5.97 Å². The minimum atomic E-state index is -3.79. The van der Waals surface area contributed by atoms with E-state index >= 15 is 0 Å². The molecular formula is C17H17NO4S. The fraction of sp³-hybridized carbons (Fsp3) is 0.235. The van der Waals surface area contributed by atoms with E-state index in [9.17, 15) is 18.3 Å². The molecule has 1 fully saturated rings. The smallest absolute Gasteiger partial charge is 0.312 e. The summed E-state index contributed by atoms with van der Waals surface area (Å²) in [4.78, 5) is 12.0. The lowest BCUT2D eigenvalue weighted by atomic mass is 9.99. The quantitative estimate of drug-likeness (QED) is 0.868. The first-order valence-corrected chi connectivity index (χ1v) is 8.78. The zero-order valence-corrected chi connectivity index (χ0v) is 13.1. The van der Waals surface area contributed by atoms with Crippen molar-refractivity contribution in [2.75, 3.05) is 6.54 Å². The van der Waals surface area contributed by atoms with Gasteiger partial charge in [0.25, 0.3) is 0 Å². The maximum Gasteiger partial charge on any atom is 0.312 e. The number of nitrogens with two attached hydrogens (primary N) is 1. The van der Waals surface area contributed by atoms with Crippen LogP contribution in [0.5, 0.6) is 0 Å². The van der Waals surface area contributed by atoms with E-state index in [1.54, 1.807) is 48.5 Å². The molecule has 0 bridgehead atoms. The van der Waals surface area contributed by atoms with Crippen molar-refractivity contribution in [2.45, 2.75) is 16.1 Å². The zero-order valence-electron chi connectivity index (χ0n) is 12.3. The monoisotopic (exact) mass is 331 g/mol. The van der Waals surface area contributed by atoms with Crippen LogP contribution in [0.3, 0.4) is 0 Å². The normalized spacial score (nSPS) is 26.7. The maximum absolute atomic E-state index is 12.9. The predicted octanol–water partition coefficient (Wildman–Crippen LogP) is 1.66. The number of carboxylic acid groups (broad SMARTS) is 1.